The van der Waals surface area contributed by atoms with Gasteiger partial charge in [0, 0.05) is 18.3 Å². The maximum absolute atomic E-state index is 11.9. The minimum atomic E-state index is 0.115. The number of carbonyl (C=O) groups is 1. The highest BCUT2D eigenvalue weighted by atomic mass is 32.1. The van der Waals surface area contributed by atoms with Crippen molar-refractivity contribution < 1.29 is 4.79 Å². The molecule has 2 rings (SSSR count). The van der Waals surface area contributed by atoms with Gasteiger partial charge in [0.05, 0.1) is 17.2 Å². The number of thiazole rings is 1. The van der Waals surface area contributed by atoms with E-state index < -0.39 is 0 Å². The van der Waals surface area contributed by atoms with Crippen molar-refractivity contribution in [3.8, 4) is 0 Å². The molecule has 1 atom stereocenters. The minimum absolute atomic E-state index is 0.115. The monoisotopic (exact) mass is 238 g/mol. The van der Waals surface area contributed by atoms with Crippen LogP contribution in [0.3, 0.4) is 0 Å². The number of aromatic nitrogens is 1. The molecule has 1 heterocycles. The lowest BCUT2D eigenvalue weighted by atomic mass is 10.1. The first kappa shape index (κ1) is 11.7. The van der Waals surface area contributed by atoms with E-state index in [1.54, 1.807) is 11.3 Å². The maximum atomic E-state index is 11.9. The molecule has 1 aromatic heterocycles. The molecule has 1 aliphatic carbocycles. The molecule has 1 unspecified atom stereocenters. The second kappa shape index (κ2) is 5.55. The van der Waals surface area contributed by atoms with E-state index in [1.807, 2.05) is 12.6 Å². The van der Waals surface area contributed by atoms with Gasteiger partial charge in [0.2, 0.25) is 0 Å². The standard InChI is InChI=1S/C12H18N2OS/c1-14(7-10-8-16-9-13-10)11-5-3-2-4-6-12(11)15/h8-9,11H,2-7H2,1H3. The molecule has 3 nitrogen and oxygen atoms in total. The van der Waals surface area contributed by atoms with Crippen LogP contribution in [-0.4, -0.2) is 28.8 Å². The van der Waals surface area contributed by atoms with E-state index in [-0.39, 0.29) is 6.04 Å². The Morgan fingerprint density at radius 1 is 1.50 bits per heavy atom. The molecule has 16 heavy (non-hydrogen) atoms. The van der Waals surface area contributed by atoms with Crippen LogP contribution in [0.5, 0.6) is 0 Å². The largest absolute Gasteiger partial charge is 0.298 e. The fourth-order valence-electron chi connectivity index (χ4n) is 2.29. The zero-order valence-corrected chi connectivity index (χ0v) is 10.5. The van der Waals surface area contributed by atoms with E-state index in [2.05, 4.69) is 15.3 Å². The average molecular weight is 238 g/mol. The highest BCUT2D eigenvalue weighted by Gasteiger charge is 2.24. The summed E-state index contributed by atoms with van der Waals surface area (Å²) >= 11 is 1.61. The van der Waals surface area contributed by atoms with Gasteiger partial charge in [0.15, 0.2) is 0 Å². The lowest BCUT2D eigenvalue weighted by Gasteiger charge is -2.24. The van der Waals surface area contributed by atoms with Gasteiger partial charge in [-0.2, -0.15) is 0 Å². The summed E-state index contributed by atoms with van der Waals surface area (Å²) in [4.78, 5) is 18.3. The summed E-state index contributed by atoms with van der Waals surface area (Å²) in [6.07, 6.45) is 5.22. The Hall–Kier alpha value is -0.740. The molecule has 0 N–H and O–H groups in total. The Bertz CT molecular complexity index is 337. The van der Waals surface area contributed by atoms with Gasteiger partial charge in [0.25, 0.3) is 0 Å². The summed E-state index contributed by atoms with van der Waals surface area (Å²) < 4.78 is 0. The number of hydrogen-bond acceptors (Lipinski definition) is 4. The van der Waals surface area contributed by atoms with Gasteiger partial charge in [-0.25, -0.2) is 4.98 Å². The molecule has 4 heteroatoms. The maximum Gasteiger partial charge on any atom is 0.149 e. The summed E-state index contributed by atoms with van der Waals surface area (Å²) in [6, 6.07) is 0.115. The second-order valence-corrected chi connectivity index (χ2v) is 5.20. The van der Waals surface area contributed by atoms with Crippen molar-refractivity contribution in [2.45, 2.75) is 44.7 Å². The summed E-state index contributed by atoms with van der Waals surface area (Å²) in [7, 11) is 2.03. The number of Topliss-reactive ketones (excluding diaryl/α,β-unsaturated/α-hetero) is 1. The molecule has 0 spiro atoms. The third-order valence-electron chi connectivity index (χ3n) is 3.20. The van der Waals surface area contributed by atoms with Crippen LogP contribution in [0.2, 0.25) is 0 Å². The number of rotatable bonds is 3. The first-order chi connectivity index (χ1) is 7.77. The van der Waals surface area contributed by atoms with Crippen molar-refractivity contribution >= 4 is 17.1 Å². The van der Waals surface area contributed by atoms with Crippen molar-refractivity contribution in [2.24, 2.45) is 0 Å². The number of nitrogens with zero attached hydrogens (tertiary/aromatic N) is 2. The van der Waals surface area contributed by atoms with Gasteiger partial charge in [-0.1, -0.05) is 12.8 Å². The van der Waals surface area contributed by atoms with Crippen molar-refractivity contribution in [1.82, 2.24) is 9.88 Å². The summed E-state index contributed by atoms with van der Waals surface area (Å²) in [6.45, 7) is 0.792. The molecular weight excluding hydrogens is 220 g/mol. The average Bonchev–Trinajstić information content (AvgIpc) is 2.66. The quantitative estimate of drug-likeness (QED) is 0.758. The Balaban J connectivity index is 1.96. The molecule has 0 aliphatic heterocycles. The van der Waals surface area contributed by atoms with Gasteiger partial charge in [-0.15, -0.1) is 11.3 Å². The second-order valence-electron chi connectivity index (χ2n) is 4.48. The Morgan fingerprint density at radius 3 is 3.12 bits per heavy atom. The zero-order valence-electron chi connectivity index (χ0n) is 9.69. The fraction of sp³-hybridized carbons (Fsp3) is 0.667. The molecule has 0 aromatic carbocycles. The zero-order chi connectivity index (χ0) is 11.4. The summed E-state index contributed by atoms with van der Waals surface area (Å²) in [5, 5.41) is 2.05. The minimum Gasteiger partial charge on any atom is -0.298 e. The number of likely N-dealkylation sites (N-methyl/N-ethyl adjacent to an activating group) is 1. The summed E-state index contributed by atoms with van der Waals surface area (Å²) in [5.74, 6) is 0.412. The van der Waals surface area contributed by atoms with Crippen LogP contribution in [-0.2, 0) is 11.3 Å². The van der Waals surface area contributed by atoms with Gasteiger partial charge < -0.3 is 0 Å². The number of hydrogen-bond donors (Lipinski definition) is 0. The lowest BCUT2D eigenvalue weighted by molar-refractivity contribution is -0.123. The predicted octanol–water partition coefficient (Wildman–Crippen LogP) is 2.48. The Labute approximate surface area is 100 Å². The first-order valence-corrected chi connectivity index (χ1v) is 6.81. The molecule has 0 amide bonds. The Kier molecular flexibility index (Phi) is 4.07. The molecular formula is C12H18N2OS. The third kappa shape index (κ3) is 2.89. The van der Waals surface area contributed by atoms with E-state index in [9.17, 15) is 4.79 Å². The molecule has 1 aromatic rings. The lowest BCUT2D eigenvalue weighted by Crippen LogP contribution is -2.37. The van der Waals surface area contributed by atoms with Crippen LogP contribution >= 0.6 is 11.3 Å². The normalized spacial score (nSPS) is 22.4. The SMILES string of the molecule is CN(Cc1cscn1)C1CCCCCC1=O. The predicted molar refractivity (Wildman–Crippen MR) is 65.5 cm³/mol. The van der Waals surface area contributed by atoms with E-state index in [4.69, 9.17) is 0 Å². The van der Waals surface area contributed by atoms with E-state index in [0.29, 0.717) is 5.78 Å². The number of carbonyl (C=O) groups excluding carboxylic acids is 1. The number of ketones is 1. The van der Waals surface area contributed by atoms with Gasteiger partial charge in [-0.05, 0) is 19.9 Å². The van der Waals surface area contributed by atoms with Crippen LogP contribution < -0.4 is 0 Å². The van der Waals surface area contributed by atoms with Crippen LogP contribution in [0.25, 0.3) is 0 Å². The molecule has 1 saturated carbocycles. The molecule has 88 valence electrons. The Morgan fingerprint density at radius 2 is 2.38 bits per heavy atom. The van der Waals surface area contributed by atoms with Gasteiger partial charge in [-0.3, -0.25) is 9.69 Å². The van der Waals surface area contributed by atoms with Crippen molar-refractivity contribution in [3.63, 3.8) is 0 Å². The molecule has 0 bridgehead atoms. The van der Waals surface area contributed by atoms with Crippen molar-refractivity contribution in [1.29, 1.82) is 0 Å². The molecule has 0 saturated heterocycles. The van der Waals surface area contributed by atoms with Gasteiger partial charge >= 0.3 is 0 Å². The topological polar surface area (TPSA) is 33.2 Å². The van der Waals surface area contributed by atoms with Crippen molar-refractivity contribution in [3.05, 3.63) is 16.6 Å². The van der Waals surface area contributed by atoms with Crippen LogP contribution in [0, 0.1) is 0 Å². The highest BCUT2D eigenvalue weighted by Crippen LogP contribution is 2.19. The van der Waals surface area contributed by atoms with E-state index in [0.717, 1.165) is 31.5 Å². The smallest absolute Gasteiger partial charge is 0.149 e. The molecule has 1 aliphatic rings. The van der Waals surface area contributed by atoms with Crippen molar-refractivity contribution in [2.75, 3.05) is 7.05 Å². The molecule has 0 radical (unpaired) electrons. The van der Waals surface area contributed by atoms with Crippen LogP contribution in [0.1, 0.15) is 37.8 Å². The van der Waals surface area contributed by atoms with Gasteiger partial charge in [0.1, 0.15) is 5.78 Å². The summed E-state index contributed by atoms with van der Waals surface area (Å²) in [5.41, 5.74) is 2.92. The fourth-order valence-corrected chi connectivity index (χ4v) is 2.84. The first-order valence-electron chi connectivity index (χ1n) is 5.87. The van der Waals surface area contributed by atoms with E-state index >= 15 is 0 Å². The third-order valence-corrected chi connectivity index (χ3v) is 3.83. The van der Waals surface area contributed by atoms with Crippen LogP contribution in [0.4, 0.5) is 0 Å². The molecule has 1 fully saturated rings. The van der Waals surface area contributed by atoms with Crippen LogP contribution in [0.15, 0.2) is 10.9 Å². The highest BCUT2D eigenvalue weighted by molar-refractivity contribution is 7.07. The van der Waals surface area contributed by atoms with E-state index in [1.165, 1.54) is 12.8 Å².